The molecule has 8 heteroatoms. The molecule has 0 radical (unpaired) electrons. The van der Waals surface area contributed by atoms with E-state index in [1.54, 1.807) is 6.07 Å². The number of rotatable bonds is 7. The number of carbonyl (C=O) groups is 2. The predicted octanol–water partition coefficient (Wildman–Crippen LogP) is 2.87. The van der Waals surface area contributed by atoms with E-state index < -0.39 is 15.9 Å². The van der Waals surface area contributed by atoms with Crippen molar-refractivity contribution in [3.05, 3.63) is 59.7 Å². The Balaban J connectivity index is 1.83. The Hall–Kier alpha value is -2.87. The van der Waals surface area contributed by atoms with Gasteiger partial charge in [-0.25, -0.2) is 8.42 Å². The van der Waals surface area contributed by atoms with Crippen LogP contribution in [0.4, 0.5) is 11.4 Å². The summed E-state index contributed by atoms with van der Waals surface area (Å²) in [4.78, 5) is 24.3. The third kappa shape index (κ3) is 5.14. The fourth-order valence-corrected chi connectivity index (χ4v) is 4.19. The summed E-state index contributed by atoms with van der Waals surface area (Å²) >= 11 is 0. The number of nitrogens with one attached hydrogen (secondary N) is 3. The van der Waals surface area contributed by atoms with Gasteiger partial charge in [-0.15, -0.1) is 0 Å². The van der Waals surface area contributed by atoms with Crippen molar-refractivity contribution >= 4 is 33.2 Å². The summed E-state index contributed by atoms with van der Waals surface area (Å²) in [6.45, 7) is 1.82. The van der Waals surface area contributed by atoms with Gasteiger partial charge in [0, 0.05) is 24.6 Å². The third-order valence-corrected chi connectivity index (χ3v) is 5.75. The van der Waals surface area contributed by atoms with E-state index in [0.717, 1.165) is 25.5 Å². The Morgan fingerprint density at radius 3 is 2.31 bits per heavy atom. The Labute approximate surface area is 171 Å². The third-order valence-electron chi connectivity index (χ3n) is 5.16. The summed E-state index contributed by atoms with van der Waals surface area (Å²) in [5.41, 5.74) is 1.83. The highest BCUT2D eigenvalue weighted by molar-refractivity contribution is 7.92. The lowest BCUT2D eigenvalue weighted by molar-refractivity contribution is -0.114. The van der Waals surface area contributed by atoms with Gasteiger partial charge in [0.2, 0.25) is 15.9 Å². The Morgan fingerprint density at radius 1 is 1.07 bits per heavy atom. The molecule has 29 heavy (non-hydrogen) atoms. The monoisotopic (exact) mass is 415 g/mol. The summed E-state index contributed by atoms with van der Waals surface area (Å²) in [6.07, 6.45) is 4.09. The quantitative estimate of drug-likeness (QED) is 0.647. The minimum Gasteiger partial charge on any atom is -0.351 e. The van der Waals surface area contributed by atoms with Gasteiger partial charge < -0.3 is 10.6 Å². The minimum absolute atomic E-state index is 0.101. The second kappa shape index (κ2) is 8.24. The zero-order chi connectivity index (χ0) is 21.1. The van der Waals surface area contributed by atoms with Crippen LogP contribution in [0.3, 0.4) is 0 Å². The molecule has 1 aliphatic rings. The average molecular weight is 416 g/mol. The highest BCUT2D eigenvalue weighted by Crippen LogP contribution is 2.43. The van der Waals surface area contributed by atoms with Gasteiger partial charge >= 0.3 is 0 Å². The maximum absolute atomic E-state index is 12.9. The van der Waals surface area contributed by atoms with Gasteiger partial charge in [0.05, 0.1) is 17.5 Å². The van der Waals surface area contributed by atoms with E-state index in [4.69, 9.17) is 0 Å². The van der Waals surface area contributed by atoms with Crippen LogP contribution in [0.25, 0.3) is 0 Å². The van der Waals surface area contributed by atoms with E-state index in [1.807, 2.05) is 18.2 Å². The molecule has 2 aromatic carbocycles. The molecule has 0 saturated heterocycles. The van der Waals surface area contributed by atoms with Crippen molar-refractivity contribution in [3.8, 4) is 0 Å². The number of hydrogen-bond acceptors (Lipinski definition) is 4. The van der Waals surface area contributed by atoms with E-state index in [2.05, 4.69) is 27.5 Å². The summed E-state index contributed by atoms with van der Waals surface area (Å²) in [5, 5.41) is 5.57. The second-order valence-corrected chi connectivity index (χ2v) is 9.25. The fraction of sp³-hybridized carbons (Fsp3) is 0.333. The van der Waals surface area contributed by atoms with Crippen LogP contribution in [0.1, 0.15) is 42.1 Å². The lowest BCUT2D eigenvalue weighted by atomic mass is 9.64. The molecule has 0 aliphatic heterocycles. The maximum atomic E-state index is 12.9. The van der Waals surface area contributed by atoms with Gasteiger partial charge in [0.1, 0.15) is 0 Å². The largest absolute Gasteiger partial charge is 0.351 e. The molecule has 0 unspecified atom stereocenters. The zero-order valence-corrected chi connectivity index (χ0v) is 17.3. The first-order valence-electron chi connectivity index (χ1n) is 9.42. The van der Waals surface area contributed by atoms with E-state index in [-0.39, 0.29) is 22.6 Å². The molecule has 2 amide bonds. The van der Waals surface area contributed by atoms with Gasteiger partial charge in [-0.2, -0.15) is 0 Å². The normalized spacial score (nSPS) is 15.1. The smallest absolute Gasteiger partial charge is 0.253 e. The number of hydrogen-bond donors (Lipinski definition) is 3. The van der Waals surface area contributed by atoms with Crippen LogP contribution >= 0.6 is 0 Å². The highest BCUT2D eigenvalue weighted by Gasteiger charge is 2.38. The first-order valence-corrected chi connectivity index (χ1v) is 11.3. The zero-order valence-electron chi connectivity index (χ0n) is 16.5. The molecule has 0 bridgehead atoms. The van der Waals surface area contributed by atoms with Crippen LogP contribution in [0, 0.1) is 0 Å². The van der Waals surface area contributed by atoms with Crippen molar-refractivity contribution in [2.24, 2.45) is 0 Å². The Morgan fingerprint density at radius 2 is 1.76 bits per heavy atom. The molecule has 2 aromatic rings. The molecular formula is C21H25N3O4S. The van der Waals surface area contributed by atoms with Gasteiger partial charge in [0.15, 0.2) is 0 Å². The molecule has 154 valence electrons. The summed E-state index contributed by atoms with van der Waals surface area (Å²) < 4.78 is 25.7. The van der Waals surface area contributed by atoms with Crippen LogP contribution in [-0.2, 0) is 20.2 Å². The van der Waals surface area contributed by atoms with Gasteiger partial charge in [-0.1, -0.05) is 36.8 Å². The molecule has 0 atom stereocenters. The maximum Gasteiger partial charge on any atom is 0.253 e. The van der Waals surface area contributed by atoms with Crippen LogP contribution < -0.4 is 15.4 Å². The van der Waals surface area contributed by atoms with E-state index in [9.17, 15) is 18.0 Å². The van der Waals surface area contributed by atoms with Gasteiger partial charge in [-0.3, -0.25) is 14.3 Å². The van der Waals surface area contributed by atoms with Gasteiger partial charge in [-0.05, 0) is 36.6 Å². The van der Waals surface area contributed by atoms with Crippen molar-refractivity contribution in [2.75, 3.05) is 22.8 Å². The number of carbonyl (C=O) groups excluding carboxylic acids is 2. The lowest BCUT2D eigenvalue weighted by Crippen LogP contribution is -2.45. The molecule has 1 aliphatic carbocycles. The van der Waals surface area contributed by atoms with Crippen molar-refractivity contribution in [1.82, 2.24) is 5.32 Å². The molecule has 1 fully saturated rings. The van der Waals surface area contributed by atoms with Crippen molar-refractivity contribution < 1.29 is 18.0 Å². The van der Waals surface area contributed by atoms with Crippen molar-refractivity contribution in [2.45, 2.75) is 31.6 Å². The number of amides is 2. The number of anilines is 2. The fourth-order valence-electron chi connectivity index (χ4n) is 3.61. The van der Waals surface area contributed by atoms with Crippen LogP contribution in [0.5, 0.6) is 0 Å². The topological polar surface area (TPSA) is 104 Å². The van der Waals surface area contributed by atoms with Gasteiger partial charge in [0.25, 0.3) is 5.91 Å². The van der Waals surface area contributed by atoms with E-state index in [1.165, 1.54) is 24.6 Å². The molecule has 0 heterocycles. The molecular weight excluding hydrogens is 390 g/mol. The van der Waals surface area contributed by atoms with Crippen LogP contribution in [0.2, 0.25) is 0 Å². The summed E-state index contributed by atoms with van der Waals surface area (Å²) in [5.74, 6) is -0.678. The highest BCUT2D eigenvalue weighted by atomic mass is 32.2. The Kier molecular flexibility index (Phi) is 5.93. The average Bonchev–Trinajstić information content (AvgIpc) is 2.61. The minimum atomic E-state index is -3.57. The molecule has 3 N–H and O–H groups in total. The van der Waals surface area contributed by atoms with Crippen LogP contribution in [0.15, 0.2) is 48.5 Å². The van der Waals surface area contributed by atoms with Crippen molar-refractivity contribution in [3.63, 3.8) is 0 Å². The summed E-state index contributed by atoms with van der Waals surface area (Å²) in [7, 11) is -3.57. The molecule has 7 nitrogen and oxygen atoms in total. The SMILES string of the molecule is CC(=O)Nc1ccc(NS(C)(=O)=O)c(C(=O)NCC2(c3ccccc3)CCC2)c1. The Bertz CT molecular complexity index is 1020. The molecule has 1 saturated carbocycles. The first kappa shape index (κ1) is 20.9. The van der Waals surface area contributed by atoms with E-state index >= 15 is 0 Å². The van der Waals surface area contributed by atoms with Crippen molar-refractivity contribution in [1.29, 1.82) is 0 Å². The number of benzene rings is 2. The first-order chi connectivity index (χ1) is 13.7. The summed E-state index contributed by atoms with van der Waals surface area (Å²) in [6, 6.07) is 14.6. The standard InChI is InChI=1S/C21H25N3O4S/c1-15(25)23-17-9-10-19(24-29(2,27)28)18(13-17)20(26)22-14-21(11-6-12-21)16-7-4-3-5-8-16/h3-5,7-10,13,24H,6,11-12,14H2,1-2H3,(H,22,26)(H,23,25). The molecule has 3 rings (SSSR count). The van der Waals surface area contributed by atoms with Crippen LogP contribution in [-0.4, -0.2) is 33.0 Å². The van der Waals surface area contributed by atoms with E-state index in [0.29, 0.717) is 12.2 Å². The predicted molar refractivity (Wildman–Crippen MR) is 114 cm³/mol. The number of sulfonamides is 1. The molecule has 0 spiro atoms. The second-order valence-electron chi connectivity index (χ2n) is 7.50. The lowest BCUT2D eigenvalue weighted by Gasteiger charge is -2.42. The molecule has 0 aromatic heterocycles.